The Morgan fingerprint density at radius 3 is 2.44 bits per heavy atom. The van der Waals surface area contributed by atoms with Crippen LogP contribution in [0.25, 0.3) is 0 Å². The minimum absolute atomic E-state index is 0.228. The number of amides is 4. The van der Waals surface area contributed by atoms with Gasteiger partial charge in [0.15, 0.2) is 0 Å². The number of rotatable bonds is 4. The number of nitrogens with one attached hydrogen (secondary N) is 1. The predicted molar refractivity (Wildman–Crippen MR) is 95.9 cm³/mol. The van der Waals surface area contributed by atoms with E-state index >= 15 is 0 Å². The molecule has 0 spiro atoms. The summed E-state index contributed by atoms with van der Waals surface area (Å²) in [4.78, 5) is 51.6. The first-order chi connectivity index (χ1) is 13.0. The lowest BCUT2D eigenvalue weighted by Crippen LogP contribution is -2.38. The minimum Gasteiger partial charge on any atom is -0.447 e. The van der Waals surface area contributed by atoms with Crippen molar-refractivity contribution in [2.24, 2.45) is 11.8 Å². The minimum atomic E-state index is -0.434. The molecule has 4 amide bonds. The molecule has 1 aromatic rings. The summed E-state index contributed by atoms with van der Waals surface area (Å²) in [5.41, 5.74) is 1.11. The zero-order chi connectivity index (χ0) is 19.0. The number of fused-ring (bicyclic) bond motifs is 1. The standard InChI is InChI=1S/C19H21N3O5/c23-16(11-22-17(24)14-6-1-2-7-15(14)18(22)25)20-12-4-3-5-13(10-12)21-8-9-27-19(21)26/h3-5,10,14-15H,1-2,6-9,11H2,(H,20,23)/t14-,15-/m0/s1. The molecule has 2 aliphatic heterocycles. The lowest BCUT2D eigenvalue weighted by atomic mass is 9.81. The molecular weight excluding hydrogens is 350 g/mol. The van der Waals surface area contributed by atoms with Crippen molar-refractivity contribution in [1.82, 2.24) is 4.90 Å². The van der Waals surface area contributed by atoms with E-state index in [2.05, 4.69) is 5.32 Å². The first kappa shape index (κ1) is 17.5. The molecule has 0 bridgehead atoms. The Kier molecular flexibility index (Phi) is 4.55. The van der Waals surface area contributed by atoms with Crippen LogP contribution < -0.4 is 10.2 Å². The summed E-state index contributed by atoms with van der Waals surface area (Å²) in [5.74, 6) is -1.41. The maximum Gasteiger partial charge on any atom is 0.414 e. The number of carbonyl (C=O) groups excluding carboxylic acids is 4. The maximum atomic E-state index is 12.5. The first-order valence-electron chi connectivity index (χ1n) is 9.24. The van der Waals surface area contributed by atoms with Crippen LogP contribution in [-0.2, 0) is 19.1 Å². The van der Waals surface area contributed by atoms with Gasteiger partial charge in [0.25, 0.3) is 0 Å². The van der Waals surface area contributed by atoms with E-state index in [9.17, 15) is 19.2 Å². The van der Waals surface area contributed by atoms with Crippen LogP contribution in [-0.4, -0.2) is 48.4 Å². The molecule has 8 heteroatoms. The van der Waals surface area contributed by atoms with E-state index in [1.165, 1.54) is 4.90 Å². The van der Waals surface area contributed by atoms with Gasteiger partial charge in [0.05, 0.1) is 18.4 Å². The SMILES string of the molecule is O=C(CN1C(=O)[C@H]2CCCC[C@@H]2C1=O)Nc1cccc(N2CCOC2=O)c1. The quantitative estimate of drug-likeness (QED) is 0.814. The molecule has 2 saturated heterocycles. The Morgan fingerprint density at radius 1 is 1.11 bits per heavy atom. The summed E-state index contributed by atoms with van der Waals surface area (Å²) < 4.78 is 4.92. The fraction of sp³-hybridized carbons (Fsp3) is 0.474. The van der Waals surface area contributed by atoms with Gasteiger partial charge in [-0.25, -0.2) is 4.79 Å². The molecule has 3 aliphatic rings. The van der Waals surface area contributed by atoms with Gasteiger partial charge < -0.3 is 10.1 Å². The normalized spacial score (nSPS) is 24.8. The summed E-state index contributed by atoms with van der Waals surface area (Å²) in [5, 5.41) is 2.71. The van der Waals surface area contributed by atoms with Crippen LogP contribution >= 0.6 is 0 Å². The predicted octanol–water partition coefficient (Wildman–Crippen LogP) is 1.76. The fourth-order valence-electron chi connectivity index (χ4n) is 4.11. The highest BCUT2D eigenvalue weighted by molar-refractivity contribution is 6.08. The van der Waals surface area contributed by atoms with Crippen LogP contribution in [0.1, 0.15) is 25.7 Å². The Balaban J connectivity index is 1.42. The van der Waals surface area contributed by atoms with Gasteiger partial charge in [-0.1, -0.05) is 18.9 Å². The fourth-order valence-corrected chi connectivity index (χ4v) is 4.11. The highest BCUT2D eigenvalue weighted by Crippen LogP contribution is 2.37. The lowest BCUT2D eigenvalue weighted by molar-refractivity contribution is -0.142. The number of anilines is 2. The number of imide groups is 1. The summed E-state index contributed by atoms with van der Waals surface area (Å²) in [7, 11) is 0. The molecule has 1 aromatic carbocycles. The second-order valence-corrected chi connectivity index (χ2v) is 7.12. The van der Waals surface area contributed by atoms with E-state index in [1.54, 1.807) is 24.3 Å². The lowest BCUT2D eigenvalue weighted by Gasteiger charge is -2.19. The zero-order valence-corrected chi connectivity index (χ0v) is 14.8. The van der Waals surface area contributed by atoms with Crippen LogP contribution in [0.5, 0.6) is 0 Å². The van der Waals surface area contributed by atoms with Gasteiger partial charge in [0.1, 0.15) is 13.2 Å². The van der Waals surface area contributed by atoms with E-state index in [1.807, 2.05) is 0 Å². The molecule has 4 rings (SSSR count). The molecule has 1 N–H and O–H groups in total. The Bertz CT molecular complexity index is 784. The second kappa shape index (κ2) is 7.02. The highest BCUT2D eigenvalue weighted by atomic mass is 16.6. The molecule has 3 fully saturated rings. The van der Waals surface area contributed by atoms with E-state index in [0.29, 0.717) is 24.5 Å². The summed E-state index contributed by atoms with van der Waals surface area (Å²) >= 11 is 0. The third kappa shape index (κ3) is 3.27. The molecule has 0 aromatic heterocycles. The van der Waals surface area contributed by atoms with Crippen LogP contribution in [0.3, 0.4) is 0 Å². The molecule has 0 radical (unpaired) electrons. The molecule has 1 aliphatic carbocycles. The van der Waals surface area contributed by atoms with Crippen molar-refractivity contribution in [3.05, 3.63) is 24.3 Å². The molecule has 8 nitrogen and oxygen atoms in total. The van der Waals surface area contributed by atoms with Crippen molar-refractivity contribution in [3.63, 3.8) is 0 Å². The summed E-state index contributed by atoms with van der Waals surface area (Å²) in [6.45, 7) is 0.507. The van der Waals surface area contributed by atoms with Crippen molar-refractivity contribution < 1.29 is 23.9 Å². The number of benzene rings is 1. The number of nitrogens with zero attached hydrogens (tertiary/aromatic N) is 2. The van der Waals surface area contributed by atoms with E-state index in [0.717, 1.165) is 30.6 Å². The van der Waals surface area contributed by atoms with E-state index in [4.69, 9.17) is 4.74 Å². The third-order valence-electron chi connectivity index (χ3n) is 5.44. The van der Waals surface area contributed by atoms with E-state index < -0.39 is 12.0 Å². The Morgan fingerprint density at radius 2 is 1.81 bits per heavy atom. The van der Waals surface area contributed by atoms with Crippen molar-refractivity contribution in [2.45, 2.75) is 25.7 Å². The number of carbonyl (C=O) groups is 4. The van der Waals surface area contributed by atoms with Gasteiger partial charge in [-0.15, -0.1) is 0 Å². The molecule has 2 atom stereocenters. The topological polar surface area (TPSA) is 96.0 Å². The van der Waals surface area contributed by atoms with Gasteiger partial charge in [-0.3, -0.25) is 24.2 Å². The zero-order valence-electron chi connectivity index (χ0n) is 14.8. The Labute approximate surface area is 156 Å². The highest BCUT2D eigenvalue weighted by Gasteiger charge is 2.48. The van der Waals surface area contributed by atoms with Crippen molar-refractivity contribution in [1.29, 1.82) is 0 Å². The van der Waals surface area contributed by atoms with Crippen molar-refractivity contribution >= 4 is 35.2 Å². The molecule has 2 heterocycles. The molecule has 142 valence electrons. The van der Waals surface area contributed by atoms with Crippen molar-refractivity contribution in [3.8, 4) is 0 Å². The summed E-state index contributed by atoms with van der Waals surface area (Å²) in [6, 6.07) is 6.83. The van der Waals surface area contributed by atoms with Crippen LogP contribution in [0.4, 0.5) is 16.2 Å². The summed E-state index contributed by atoms with van der Waals surface area (Å²) in [6.07, 6.45) is 2.93. The van der Waals surface area contributed by atoms with Gasteiger partial charge in [-0.05, 0) is 31.0 Å². The van der Waals surface area contributed by atoms with Crippen LogP contribution in [0.2, 0.25) is 0 Å². The second-order valence-electron chi connectivity index (χ2n) is 7.12. The van der Waals surface area contributed by atoms with Gasteiger partial charge >= 0.3 is 6.09 Å². The molecule has 0 unspecified atom stereocenters. The van der Waals surface area contributed by atoms with Gasteiger partial charge in [0, 0.05) is 11.4 Å². The average molecular weight is 371 g/mol. The maximum absolute atomic E-state index is 12.5. The Hall–Kier alpha value is -2.90. The average Bonchev–Trinajstić information content (AvgIpc) is 3.20. The third-order valence-corrected chi connectivity index (χ3v) is 5.44. The van der Waals surface area contributed by atoms with E-state index in [-0.39, 0.29) is 30.2 Å². The monoisotopic (exact) mass is 371 g/mol. The smallest absolute Gasteiger partial charge is 0.414 e. The van der Waals surface area contributed by atoms with Gasteiger partial charge in [0.2, 0.25) is 17.7 Å². The first-order valence-corrected chi connectivity index (χ1v) is 9.24. The van der Waals surface area contributed by atoms with Crippen molar-refractivity contribution in [2.75, 3.05) is 29.9 Å². The number of likely N-dealkylation sites (tertiary alicyclic amines) is 1. The number of hydrogen-bond donors (Lipinski definition) is 1. The largest absolute Gasteiger partial charge is 0.447 e. The van der Waals surface area contributed by atoms with Crippen LogP contribution in [0, 0.1) is 11.8 Å². The van der Waals surface area contributed by atoms with Gasteiger partial charge in [-0.2, -0.15) is 0 Å². The van der Waals surface area contributed by atoms with Crippen LogP contribution in [0.15, 0.2) is 24.3 Å². The molecular formula is C19H21N3O5. The molecule has 1 saturated carbocycles. The number of hydrogen-bond acceptors (Lipinski definition) is 5. The molecule has 27 heavy (non-hydrogen) atoms. The number of ether oxygens (including phenoxy) is 1. The number of cyclic esters (lactones) is 1.